The first kappa shape index (κ1) is 26.0. The lowest BCUT2D eigenvalue weighted by atomic mass is 9.98. The largest absolute Gasteiger partial charge is 0.386 e. The van der Waals surface area contributed by atoms with Gasteiger partial charge >= 0.3 is 0 Å². The minimum absolute atomic E-state index is 0.277. The minimum Gasteiger partial charge on any atom is -0.386 e. The van der Waals surface area contributed by atoms with E-state index in [0.717, 1.165) is 51.2 Å². The van der Waals surface area contributed by atoms with Crippen LogP contribution in [0.3, 0.4) is 0 Å². The van der Waals surface area contributed by atoms with Gasteiger partial charge < -0.3 is 9.90 Å². The standard InChI is InChI=1S/C22H43NO4/c1-2-3-4-5-13-16-19-22(25)21(23(26)27)18-15-12-10-8-6-7-9-11-14-17-20-24/h20-22,25H,2-19H2,1H3. The van der Waals surface area contributed by atoms with E-state index in [-0.39, 0.29) is 4.92 Å². The van der Waals surface area contributed by atoms with Crippen LogP contribution in [0.1, 0.15) is 122 Å². The van der Waals surface area contributed by atoms with E-state index < -0.39 is 12.1 Å². The number of carbonyl (C=O) groups is 1. The second kappa shape index (κ2) is 19.8. The third-order valence-electron chi connectivity index (χ3n) is 5.39. The van der Waals surface area contributed by atoms with Gasteiger partial charge in [-0.3, -0.25) is 10.1 Å². The van der Waals surface area contributed by atoms with Crippen LogP contribution in [0, 0.1) is 10.1 Å². The zero-order valence-electron chi connectivity index (χ0n) is 17.6. The third-order valence-corrected chi connectivity index (χ3v) is 5.39. The van der Waals surface area contributed by atoms with Crippen molar-refractivity contribution in [2.24, 2.45) is 0 Å². The highest BCUT2D eigenvalue weighted by molar-refractivity contribution is 5.48. The molecule has 0 spiro atoms. The summed E-state index contributed by atoms with van der Waals surface area (Å²) in [5, 5.41) is 21.4. The van der Waals surface area contributed by atoms with E-state index in [2.05, 4.69) is 6.92 Å². The highest BCUT2D eigenvalue weighted by Crippen LogP contribution is 2.17. The number of nitrogens with zero attached hydrogens (tertiary/aromatic N) is 1. The molecule has 2 unspecified atom stereocenters. The maximum absolute atomic E-state index is 11.3. The second-order valence-electron chi connectivity index (χ2n) is 7.90. The molecule has 5 nitrogen and oxygen atoms in total. The molecule has 0 saturated heterocycles. The van der Waals surface area contributed by atoms with Gasteiger partial charge in [0.25, 0.3) is 0 Å². The van der Waals surface area contributed by atoms with Crippen LogP contribution < -0.4 is 0 Å². The van der Waals surface area contributed by atoms with Crippen LogP contribution in [0.15, 0.2) is 0 Å². The van der Waals surface area contributed by atoms with E-state index in [0.29, 0.717) is 19.3 Å². The first-order valence-electron chi connectivity index (χ1n) is 11.4. The third kappa shape index (κ3) is 16.9. The monoisotopic (exact) mass is 385 g/mol. The Labute approximate surface area is 166 Å². The molecule has 0 bridgehead atoms. The molecular formula is C22H43NO4. The molecule has 1 N–H and O–H groups in total. The van der Waals surface area contributed by atoms with Crippen LogP contribution in [0.25, 0.3) is 0 Å². The summed E-state index contributed by atoms with van der Waals surface area (Å²) in [6.07, 6.45) is 18.7. The smallest absolute Gasteiger partial charge is 0.238 e. The maximum Gasteiger partial charge on any atom is 0.238 e. The zero-order valence-corrected chi connectivity index (χ0v) is 17.6. The molecule has 0 saturated carbocycles. The lowest BCUT2D eigenvalue weighted by Crippen LogP contribution is -2.33. The predicted molar refractivity (Wildman–Crippen MR) is 112 cm³/mol. The highest BCUT2D eigenvalue weighted by atomic mass is 16.6. The molecule has 0 aromatic carbocycles. The topological polar surface area (TPSA) is 80.4 Å². The van der Waals surface area contributed by atoms with E-state index in [1.807, 2.05) is 0 Å². The number of hydrogen-bond acceptors (Lipinski definition) is 4. The van der Waals surface area contributed by atoms with Crippen molar-refractivity contribution < 1.29 is 14.8 Å². The molecule has 0 fully saturated rings. The molecule has 27 heavy (non-hydrogen) atoms. The van der Waals surface area contributed by atoms with Crippen molar-refractivity contribution in [1.82, 2.24) is 0 Å². The van der Waals surface area contributed by atoms with Crippen molar-refractivity contribution in [2.75, 3.05) is 0 Å². The summed E-state index contributed by atoms with van der Waals surface area (Å²) in [6.45, 7) is 2.18. The summed E-state index contributed by atoms with van der Waals surface area (Å²) >= 11 is 0. The van der Waals surface area contributed by atoms with Gasteiger partial charge in [-0.15, -0.1) is 0 Å². The normalized spacial score (nSPS) is 13.4. The predicted octanol–water partition coefficient (Wildman–Crippen LogP) is 6.23. The summed E-state index contributed by atoms with van der Waals surface area (Å²) in [4.78, 5) is 21.2. The van der Waals surface area contributed by atoms with Gasteiger partial charge in [0.1, 0.15) is 12.4 Å². The van der Waals surface area contributed by atoms with E-state index in [1.54, 1.807) is 0 Å². The van der Waals surface area contributed by atoms with Crippen molar-refractivity contribution in [3.05, 3.63) is 10.1 Å². The van der Waals surface area contributed by atoms with Gasteiger partial charge in [0, 0.05) is 17.8 Å². The molecule has 0 heterocycles. The van der Waals surface area contributed by atoms with Crippen molar-refractivity contribution in [3.8, 4) is 0 Å². The number of unbranched alkanes of at least 4 members (excludes halogenated alkanes) is 14. The average Bonchev–Trinajstić information content (AvgIpc) is 2.65. The fourth-order valence-electron chi connectivity index (χ4n) is 3.58. The second-order valence-corrected chi connectivity index (χ2v) is 7.90. The van der Waals surface area contributed by atoms with Gasteiger partial charge in [0.15, 0.2) is 0 Å². The fourth-order valence-corrected chi connectivity index (χ4v) is 3.58. The van der Waals surface area contributed by atoms with Crippen molar-refractivity contribution in [3.63, 3.8) is 0 Å². The Bertz CT molecular complexity index is 349. The van der Waals surface area contributed by atoms with Crippen molar-refractivity contribution in [2.45, 2.75) is 135 Å². The van der Waals surface area contributed by atoms with Gasteiger partial charge in [-0.2, -0.15) is 0 Å². The lowest BCUT2D eigenvalue weighted by molar-refractivity contribution is -0.535. The average molecular weight is 386 g/mol. The Hall–Kier alpha value is -0.970. The summed E-state index contributed by atoms with van der Waals surface area (Å²) in [5.41, 5.74) is 0. The van der Waals surface area contributed by atoms with E-state index in [9.17, 15) is 20.0 Å². The van der Waals surface area contributed by atoms with E-state index in [1.165, 1.54) is 51.4 Å². The Morgan fingerprint density at radius 2 is 1.22 bits per heavy atom. The molecule has 5 heteroatoms. The molecule has 0 aromatic heterocycles. The summed E-state index contributed by atoms with van der Waals surface area (Å²) in [7, 11) is 0. The molecule has 0 aliphatic carbocycles. The Balaban J connectivity index is 3.65. The minimum atomic E-state index is -0.794. The molecular weight excluding hydrogens is 342 g/mol. The van der Waals surface area contributed by atoms with Gasteiger partial charge in [-0.1, -0.05) is 90.4 Å². The molecule has 0 rings (SSSR count). The van der Waals surface area contributed by atoms with Gasteiger partial charge in [0.05, 0.1) is 0 Å². The number of aliphatic hydroxyl groups is 1. The van der Waals surface area contributed by atoms with Gasteiger partial charge in [0.2, 0.25) is 6.04 Å². The quantitative estimate of drug-likeness (QED) is 0.110. The summed E-state index contributed by atoms with van der Waals surface area (Å²) < 4.78 is 0. The summed E-state index contributed by atoms with van der Waals surface area (Å²) in [6, 6.07) is -0.793. The SMILES string of the molecule is CCCCCCCCC(O)C(CCCCCCCCCCCC=O)[N+](=O)[O-]. The highest BCUT2D eigenvalue weighted by Gasteiger charge is 2.28. The zero-order chi connectivity index (χ0) is 20.2. The van der Waals surface area contributed by atoms with Gasteiger partial charge in [-0.25, -0.2) is 0 Å². The van der Waals surface area contributed by atoms with Crippen LogP contribution in [-0.4, -0.2) is 28.5 Å². The van der Waals surface area contributed by atoms with E-state index >= 15 is 0 Å². The van der Waals surface area contributed by atoms with Crippen LogP contribution >= 0.6 is 0 Å². The molecule has 160 valence electrons. The molecule has 0 radical (unpaired) electrons. The first-order chi connectivity index (χ1) is 13.1. The lowest BCUT2D eigenvalue weighted by Gasteiger charge is -2.16. The number of rotatable bonds is 21. The fraction of sp³-hybridized carbons (Fsp3) is 0.955. The molecule has 0 aromatic rings. The van der Waals surface area contributed by atoms with Crippen molar-refractivity contribution in [1.29, 1.82) is 0 Å². The van der Waals surface area contributed by atoms with Crippen LogP contribution in [-0.2, 0) is 4.79 Å². The Morgan fingerprint density at radius 1 is 0.778 bits per heavy atom. The number of nitro groups is 1. The molecule has 0 aliphatic heterocycles. The Kier molecular flexibility index (Phi) is 19.1. The van der Waals surface area contributed by atoms with Crippen LogP contribution in [0.2, 0.25) is 0 Å². The molecule has 0 amide bonds. The van der Waals surface area contributed by atoms with Crippen LogP contribution in [0.4, 0.5) is 0 Å². The molecule has 2 atom stereocenters. The van der Waals surface area contributed by atoms with Crippen molar-refractivity contribution >= 4 is 6.29 Å². The Morgan fingerprint density at radius 3 is 1.70 bits per heavy atom. The molecule has 0 aliphatic rings. The number of hydrogen-bond donors (Lipinski definition) is 1. The van der Waals surface area contributed by atoms with E-state index in [4.69, 9.17) is 0 Å². The maximum atomic E-state index is 11.3. The van der Waals surface area contributed by atoms with Gasteiger partial charge in [-0.05, 0) is 19.3 Å². The number of aliphatic hydroxyl groups excluding tert-OH is 1. The summed E-state index contributed by atoms with van der Waals surface area (Å²) in [5.74, 6) is 0. The first-order valence-corrected chi connectivity index (χ1v) is 11.4. The number of aldehydes is 1. The number of carbonyl (C=O) groups excluding carboxylic acids is 1. The van der Waals surface area contributed by atoms with Crippen LogP contribution in [0.5, 0.6) is 0 Å².